The summed E-state index contributed by atoms with van der Waals surface area (Å²) in [6.07, 6.45) is 4.21. The van der Waals surface area contributed by atoms with Gasteiger partial charge in [-0.05, 0) is 59.9 Å². The van der Waals surface area contributed by atoms with Crippen molar-refractivity contribution in [3.05, 3.63) is 89.0 Å². The lowest BCUT2D eigenvalue weighted by Gasteiger charge is -2.50. The molecule has 0 spiro atoms. The zero-order valence-corrected chi connectivity index (χ0v) is 29.4. The Balaban J connectivity index is 1.22. The van der Waals surface area contributed by atoms with Gasteiger partial charge < -0.3 is 19.6 Å². The molecule has 254 valence electrons. The Kier molecular flexibility index (Phi) is 10.3. The molecule has 0 amide bonds. The number of aliphatic hydroxyl groups excluding tert-OH is 1. The Morgan fingerprint density at radius 2 is 1.51 bits per heavy atom. The third-order valence-electron chi connectivity index (χ3n) is 11.3. The zero-order valence-electron chi connectivity index (χ0n) is 28.6. The highest BCUT2D eigenvalue weighted by molar-refractivity contribution is 7.91. The normalized spacial score (nSPS) is 25.9. The van der Waals surface area contributed by atoms with Crippen LogP contribution >= 0.6 is 0 Å². The number of rotatable bonds is 13. The maximum absolute atomic E-state index is 14.0. The van der Waals surface area contributed by atoms with E-state index < -0.39 is 27.3 Å². The molecule has 0 unspecified atom stereocenters. The molecule has 3 aromatic rings. The molecule has 3 saturated heterocycles. The molecule has 47 heavy (non-hydrogen) atoms. The maximum atomic E-state index is 14.0. The number of aliphatic hydroxyl groups is 1. The number of fused-ring (bicyclic) bond motifs is 4. The highest BCUT2D eigenvalue weighted by atomic mass is 32.2. The molecule has 0 aromatic heterocycles. The monoisotopic (exact) mass is 660 g/mol. The summed E-state index contributed by atoms with van der Waals surface area (Å²) in [4.78, 5) is 2.93. The minimum atomic E-state index is -3.62. The van der Waals surface area contributed by atoms with Crippen LogP contribution in [0.3, 0.4) is 0 Å². The average molecular weight is 661 g/mol. The van der Waals surface area contributed by atoms with Gasteiger partial charge in [0.1, 0.15) is 18.9 Å². The first-order chi connectivity index (χ1) is 22.7. The number of piperazine rings is 3. The maximum Gasteiger partial charge on any atom is 0.179 e. The Bertz CT molecular complexity index is 1580. The van der Waals surface area contributed by atoms with Crippen molar-refractivity contribution in [2.24, 2.45) is 5.41 Å². The number of sulfone groups is 1. The van der Waals surface area contributed by atoms with Crippen LogP contribution in [0, 0.1) is 5.41 Å². The van der Waals surface area contributed by atoms with E-state index in [1.807, 2.05) is 43.4 Å². The summed E-state index contributed by atoms with van der Waals surface area (Å²) in [6, 6.07) is 22.3. The lowest BCUT2D eigenvalue weighted by Crippen LogP contribution is -2.66. The fraction of sp³-hybridized carbons (Fsp3) is 0.538. The topological polar surface area (TPSA) is 78.9 Å². The molecule has 7 nitrogen and oxygen atoms in total. The van der Waals surface area contributed by atoms with E-state index in [2.05, 4.69) is 48.3 Å². The predicted molar refractivity (Wildman–Crippen MR) is 190 cm³/mol. The third-order valence-corrected chi connectivity index (χ3v) is 13.3. The molecule has 4 aliphatic heterocycles. The van der Waals surface area contributed by atoms with E-state index >= 15 is 0 Å². The summed E-state index contributed by atoms with van der Waals surface area (Å²) in [5, 5.41) is 15.5. The summed E-state index contributed by atoms with van der Waals surface area (Å²) in [6.45, 7) is 13.3. The number of hydrogen-bond acceptors (Lipinski definition) is 6. The van der Waals surface area contributed by atoms with Crippen molar-refractivity contribution >= 4 is 15.5 Å². The molecule has 4 aliphatic rings. The number of ether oxygens (including phenoxy) is 1. The summed E-state index contributed by atoms with van der Waals surface area (Å²) in [5.41, 5.74) is 4.22. The molecular formula is C39H54N3O4S+. The second kappa shape index (κ2) is 14.3. The fourth-order valence-electron chi connectivity index (χ4n) is 8.31. The van der Waals surface area contributed by atoms with Crippen molar-refractivity contribution in [3.63, 3.8) is 0 Å². The highest BCUT2D eigenvalue weighted by Gasteiger charge is 2.49. The summed E-state index contributed by atoms with van der Waals surface area (Å²) in [7, 11) is -1.79. The van der Waals surface area contributed by atoms with E-state index in [-0.39, 0.29) is 5.75 Å². The van der Waals surface area contributed by atoms with Gasteiger partial charge in [0.25, 0.3) is 0 Å². The average Bonchev–Trinajstić information content (AvgIpc) is 3.16. The predicted octanol–water partition coefficient (Wildman–Crippen LogP) is 6.60. The summed E-state index contributed by atoms with van der Waals surface area (Å²) < 4.78 is 35.5. The van der Waals surface area contributed by atoms with Crippen LogP contribution < -0.4 is 10.1 Å². The van der Waals surface area contributed by atoms with Crippen LogP contribution in [0.15, 0.2) is 71.6 Å². The molecule has 0 aliphatic carbocycles. The first-order valence-electron chi connectivity index (χ1n) is 17.8. The van der Waals surface area contributed by atoms with E-state index in [0.29, 0.717) is 29.9 Å². The first kappa shape index (κ1) is 34.0. The largest absolute Gasteiger partial charge is 0.489 e. The lowest BCUT2D eigenvalue weighted by atomic mass is 9.68. The van der Waals surface area contributed by atoms with Gasteiger partial charge in [-0.15, -0.1) is 0 Å². The standard InChI is InChI=1S/C39H54N3O4S/c1-4-6-18-39(19-7-5-2)29-47(44,45)36-17-14-33(40-3)26-35(36)37(38(39)43)32-12-15-34(16-13-32)46-28-31-10-8-30(9-11-31)27-42-23-20-41(21-24-42)22-25-42/h8-17,26,37-38,40,43H,4-7,18-25,27-29H2,1-3H3/q+1/t37-,38-/m1/s1. The quantitative estimate of drug-likeness (QED) is 0.201. The van der Waals surface area contributed by atoms with Gasteiger partial charge in [-0.3, -0.25) is 4.90 Å². The molecule has 0 radical (unpaired) electrons. The smallest absolute Gasteiger partial charge is 0.179 e. The number of nitrogens with one attached hydrogen (secondary N) is 1. The van der Waals surface area contributed by atoms with Gasteiger partial charge in [0, 0.05) is 49.3 Å². The number of anilines is 1. The van der Waals surface area contributed by atoms with Gasteiger partial charge in [0.2, 0.25) is 0 Å². The molecule has 7 rings (SSSR count). The molecule has 8 heteroatoms. The number of unbranched alkanes of at least 4 members (excludes halogenated alkanes) is 2. The lowest BCUT2D eigenvalue weighted by molar-refractivity contribution is -0.953. The van der Waals surface area contributed by atoms with E-state index in [1.165, 1.54) is 49.3 Å². The highest BCUT2D eigenvalue weighted by Crippen LogP contribution is 2.50. The van der Waals surface area contributed by atoms with Crippen molar-refractivity contribution in [3.8, 4) is 5.75 Å². The van der Waals surface area contributed by atoms with Crippen molar-refractivity contribution in [1.82, 2.24) is 4.90 Å². The zero-order chi connectivity index (χ0) is 33.1. The molecule has 2 N–H and O–H groups in total. The number of benzene rings is 3. The van der Waals surface area contributed by atoms with Crippen LogP contribution in [-0.2, 0) is 23.0 Å². The Labute approximate surface area is 282 Å². The summed E-state index contributed by atoms with van der Waals surface area (Å²) in [5.74, 6) is 0.257. The SMILES string of the molecule is CCCCC1(CCCC)CS(=O)(=O)c2ccc(NC)cc2[C@@H](c2ccc(OCc3ccc(C[N+]45CCN(CC4)CC5)cc3)cc2)[C@H]1O. The van der Waals surface area contributed by atoms with Gasteiger partial charge in [0.05, 0.1) is 36.4 Å². The van der Waals surface area contributed by atoms with Gasteiger partial charge >= 0.3 is 0 Å². The summed E-state index contributed by atoms with van der Waals surface area (Å²) >= 11 is 0. The number of quaternary nitrogens is 1. The van der Waals surface area contributed by atoms with Crippen LogP contribution in [0.2, 0.25) is 0 Å². The molecule has 3 aromatic carbocycles. The van der Waals surface area contributed by atoms with E-state index in [9.17, 15) is 13.5 Å². The van der Waals surface area contributed by atoms with Gasteiger partial charge in [-0.1, -0.05) is 75.9 Å². The molecular weight excluding hydrogens is 607 g/mol. The molecule has 2 atom stereocenters. The van der Waals surface area contributed by atoms with Crippen LogP contribution in [0.1, 0.15) is 80.5 Å². The van der Waals surface area contributed by atoms with Crippen molar-refractivity contribution in [1.29, 1.82) is 0 Å². The Hall–Kier alpha value is -2.91. The fourth-order valence-corrected chi connectivity index (χ4v) is 10.5. The van der Waals surface area contributed by atoms with Crippen LogP contribution in [0.25, 0.3) is 0 Å². The van der Waals surface area contributed by atoms with Crippen molar-refractivity contribution in [2.75, 3.05) is 57.4 Å². The van der Waals surface area contributed by atoms with Gasteiger partial charge in [-0.25, -0.2) is 8.42 Å². The Morgan fingerprint density at radius 1 is 0.894 bits per heavy atom. The molecule has 4 heterocycles. The first-order valence-corrected chi connectivity index (χ1v) is 19.5. The van der Waals surface area contributed by atoms with E-state index in [1.54, 1.807) is 6.07 Å². The van der Waals surface area contributed by atoms with Crippen LogP contribution in [-0.4, -0.2) is 81.1 Å². The van der Waals surface area contributed by atoms with E-state index in [4.69, 9.17) is 4.74 Å². The van der Waals surface area contributed by atoms with E-state index in [0.717, 1.165) is 54.8 Å². The second-order valence-electron chi connectivity index (χ2n) is 14.4. The Morgan fingerprint density at radius 3 is 2.11 bits per heavy atom. The van der Waals surface area contributed by atoms with Gasteiger partial charge in [-0.2, -0.15) is 0 Å². The van der Waals surface area contributed by atoms with Crippen molar-refractivity contribution in [2.45, 2.75) is 82.4 Å². The molecule has 3 fully saturated rings. The number of nitrogens with zero attached hydrogens (tertiary/aromatic N) is 2. The molecule has 0 saturated carbocycles. The molecule has 2 bridgehead atoms. The van der Waals surface area contributed by atoms with Crippen LogP contribution in [0.4, 0.5) is 5.69 Å². The van der Waals surface area contributed by atoms with Gasteiger partial charge in [0.15, 0.2) is 9.84 Å². The second-order valence-corrected chi connectivity index (χ2v) is 16.4. The number of hydrogen-bond donors (Lipinski definition) is 2. The van der Waals surface area contributed by atoms with Crippen molar-refractivity contribution < 1.29 is 22.7 Å². The van der Waals surface area contributed by atoms with Crippen LogP contribution in [0.5, 0.6) is 5.75 Å². The minimum Gasteiger partial charge on any atom is -0.489 e. The minimum absolute atomic E-state index is 0.0256. The third kappa shape index (κ3) is 7.26.